The van der Waals surface area contributed by atoms with Crippen LogP contribution in [0.25, 0.3) is 11.4 Å². The Morgan fingerprint density at radius 3 is 3.00 bits per heavy atom. The van der Waals surface area contributed by atoms with E-state index in [-0.39, 0.29) is 5.15 Å². The van der Waals surface area contributed by atoms with Gasteiger partial charge in [-0.15, -0.1) is 0 Å². The summed E-state index contributed by atoms with van der Waals surface area (Å²) in [6.45, 7) is 4.02. The topological polar surface area (TPSA) is 55.0 Å². The first-order chi connectivity index (χ1) is 8.63. The maximum absolute atomic E-state index is 11.6. The summed E-state index contributed by atoms with van der Waals surface area (Å²) in [4.78, 5) is 18.9. The molecule has 94 valence electrons. The maximum atomic E-state index is 11.6. The molecule has 0 atom stereocenters. The fourth-order valence-electron chi connectivity index (χ4n) is 1.68. The second-order valence-corrected chi connectivity index (χ2v) is 4.18. The van der Waals surface area contributed by atoms with Crippen molar-refractivity contribution in [3.8, 4) is 11.4 Å². The van der Waals surface area contributed by atoms with Crippen LogP contribution < -0.4 is 0 Å². The van der Waals surface area contributed by atoms with Gasteiger partial charge < -0.3 is 9.72 Å². The number of H-pyrrole nitrogens is 1. The van der Waals surface area contributed by atoms with Crippen molar-refractivity contribution in [1.29, 1.82) is 0 Å². The van der Waals surface area contributed by atoms with Crippen molar-refractivity contribution in [1.82, 2.24) is 9.97 Å². The molecule has 0 radical (unpaired) electrons. The van der Waals surface area contributed by atoms with Crippen LogP contribution in [0.2, 0.25) is 5.15 Å². The lowest BCUT2D eigenvalue weighted by Gasteiger charge is -2.00. The van der Waals surface area contributed by atoms with E-state index in [2.05, 4.69) is 9.97 Å². The molecular weight excluding hydrogens is 252 g/mol. The molecule has 0 bridgehead atoms. The molecule has 2 aromatic rings. The number of nitrogens with zero attached hydrogens (tertiary/aromatic N) is 1. The smallest absolute Gasteiger partial charge is 0.341 e. The summed E-state index contributed by atoms with van der Waals surface area (Å²) in [5.74, 6) is -0.432. The molecular formula is C13H13ClN2O2. The van der Waals surface area contributed by atoms with Crippen molar-refractivity contribution in [2.75, 3.05) is 6.61 Å². The predicted molar refractivity (Wildman–Crippen MR) is 69.7 cm³/mol. The van der Waals surface area contributed by atoms with E-state index in [1.165, 1.54) is 0 Å². The molecule has 2 heterocycles. The van der Waals surface area contributed by atoms with E-state index < -0.39 is 5.97 Å². The summed E-state index contributed by atoms with van der Waals surface area (Å²) in [5.41, 5.74) is 2.82. The van der Waals surface area contributed by atoms with Crippen molar-refractivity contribution in [2.24, 2.45) is 0 Å². The van der Waals surface area contributed by atoms with Gasteiger partial charge in [0.15, 0.2) is 0 Å². The van der Waals surface area contributed by atoms with Gasteiger partial charge in [-0.2, -0.15) is 0 Å². The van der Waals surface area contributed by atoms with E-state index in [1.54, 1.807) is 19.2 Å². The minimum atomic E-state index is -0.432. The van der Waals surface area contributed by atoms with Gasteiger partial charge in [0.2, 0.25) is 0 Å². The average Bonchev–Trinajstić information content (AvgIpc) is 2.72. The molecule has 5 heteroatoms. The van der Waals surface area contributed by atoms with Crippen LogP contribution in [0.1, 0.15) is 22.8 Å². The number of halogens is 1. The number of aryl methyl sites for hydroxylation is 1. The van der Waals surface area contributed by atoms with Gasteiger partial charge >= 0.3 is 5.97 Å². The highest BCUT2D eigenvalue weighted by Crippen LogP contribution is 2.26. The molecule has 0 unspecified atom stereocenters. The van der Waals surface area contributed by atoms with E-state index in [4.69, 9.17) is 16.3 Å². The van der Waals surface area contributed by atoms with Crippen molar-refractivity contribution in [3.63, 3.8) is 0 Å². The van der Waals surface area contributed by atoms with E-state index in [0.717, 1.165) is 11.3 Å². The summed E-state index contributed by atoms with van der Waals surface area (Å²) >= 11 is 5.99. The normalized spacial score (nSPS) is 10.4. The van der Waals surface area contributed by atoms with Crippen molar-refractivity contribution < 1.29 is 9.53 Å². The summed E-state index contributed by atoms with van der Waals surface area (Å²) in [6.07, 6.45) is 1.70. The summed E-state index contributed by atoms with van der Waals surface area (Å²) in [5, 5.41) is 0.272. The molecule has 1 N–H and O–H groups in total. The molecule has 0 amide bonds. The number of ether oxygens (including phenoxy) is 1. The monoisotopic (exact) mass is 264 g/mol. The quantitative estimate of drug-likeness (QED) is 0.866. The van der Waals surface area contributed by atoms with E-state index in [9.17, 15) is 4.79 Å². The van der Waals surface area contributed by atoms with Gasteiger partial charge in [0.05, 0.1) is 23.6 Å². The van der Waals surface area contributed by atoms with E-state index >= 15 is 0 Å². The highest BCUT2D eigenvalue weighted by atomic mass is 35.5. The van der Waals surface area contributed by atoms with Crippen LogP contribution in [0.5, 0.6) is 0 Å². The Morgan fingerprint density at radius 1 is 1.56 bits per heavy atom. The number of aromatic nitrogens is 2. The van der Waals surface area contributed by atoms with Gasteiger partial charge in [0.25, 0.3) is 0 Å². The van der Waals surface area contributed by atoms with Crippen LogP contribution in [0.4, 0.5) is 0 Å². The molecule has 2 rings (SSSR count). The summed E-state index contributed by atoms with van der Waals surface area (Å²) in [6, 6.07) is 5.46. The molecule has 0 aromatic carbocycles. The number of rotatable bonds is 3. The Hall–Kier alpha value is -1.81. The Balaban J connectivity index is 2.41. The van der Waals surface area contributed by atoms with Crippen LogP contribution >= 0.6 is 11.6 Å². The Labute approximate surface area is 110 Å². The molecule has 0 aliphatic rings. The van der Waals surface area contributed by atoms with Crippen molar-refractivity contribution >= 4 is 17.6 Å². The van der Waals surface area contributed by atoms with E-state index in [1.807, 2.05) is 19.1 Å². The van der Waals surface area contributed by atoms with Crippen molar-refractivity contribution in [3.05, 3.63) is 40.7 Å². The minimum absolute atomic E-state index is 0.272. The Kier molecular flexibility index (Phi) is 3.67. The van der Waals surface area contributed by atoms with Gasteiger partial charge in [-0.05, 0) is 31.5 Å². The maximum Gasteiger partial charge on any atom is 0.341 e. The molecule has 0 saturated heterocycles. The zero-order valence-electron chi connectivity index (χ0n) is 10.2. The molecule has 0 aliphatic carbocycles. The van der Waals surface area contributed by atoms with Crippen molar-refractivity contribution in [2.45, 2.75) is 13.8 Å². The van der Waals surface area contributed by atoms with Gasteiger partial charge in [-0.25, -0.2) is 4.79 Å². The van der Waals surface area contributed by atoms with Gasteiger partial charge in [0, 0.05) is 6.20 Å². The van der Waals surface area contributed by atoms with Crippen LogP contribution in [-0.4, -0.2) is 22.5 Å². The zero-order chi connectivity index (χ0) is 13.1. The first-order valence-corrected chi connectivity index (χ1v) is 5.99. The Bertz CT molecular complexity index is 578. The fraction of sp³-hybridized carbons (Fsp3) is 0.231. The Morgan fingerprint density at radius 2 is 2.33 bits per heavy atom. The third kappa shape index (κ3) is 2.38. The first kappa shape index (κ1) is 12.6. The fourth-order valence-corrected chi connectivity index (χ4v) is 1.92. The third-order valence-corrected chi connectivity index (χ3v) is 2.83. The lowest BCUT2D eigenvalue weighted by molar-refractivity contribution is 0.0527. The predicted octanol–water partition coefficient (Wildman–Crippen LogP) is 3.22. The first-order valence-electron chi connectivity index (χ1n) is 5.61. The molecule has 0 aliphatic heterocycles. The van der Waals surface area contributed by atoms with Crippen LogP contribution in [-0.2, 0) is 4.74 Å². The lowest BCUT2D eigenvalue weighted by Crippen LogP contribution is -2.03. The lowest BCUT2D eigenvalue weighted by atomic mass is 10.1. The van der Waals surface area contributed by atoms with Crippen LogP contribution in [0.15, 0.2) is 24.4 Å². The second-order valence-electron chi connectivity index (χ2n) is 3.80. The largest absolute Gasteiger partial charge is 0.462 e. The van der Waals surface area contributed by atoms with Gasteiger partial charge in [-0.3, -0.25) is 4.98 Å². The number of hydrogen-bond acceptors (Lipinski definition) is 3. The zero-order valence-corrected chi connectivity index (χ0v) is 10.9. The highest BCUT2D eigenvalue weighted by molar-refractivity contribution is 6.32. The number of carbonyl (C=O) groups is 1. The molecule has 0 fully saturated rings. The van der Waals surface area contributed by atoms with Gasteiger partial charge in [0.1, 0.15) is 5.15 Å². The summed E-state index contributed by atoms with van der Waals surface area (Å²) < 4.78 is 4.92. The SMILES string of the molecule is CCOC(=O)c1cc(-c2ncccc2C)[nH]c1Cl. The number of esters is 1. The number of carbonyl (C=O) groups excluding carboxylic acids is 1. The highest BCUT2D eigenvalue weighted by Gasteiger charge is 2.17. The molecule has 0 saturated carbocycles. The molecule has 0 spiro atoms. The molecule has 4 nitrogen and oxygen atoms in total. The van der Waals surface area contributed by atoms with Crippen LogP contribution in [0, 0.1) is 6.92 Å². The number of pyridine rings is 1. The summed E-state index contributed by atoms with van der Waals surface area (Å²) in [7, 11) is 0. The third-order valence-electron chi connectivity index (χ3n) is 2.53. The number of aromatic amines is 1. The van der Waals surface area contributed by atoms with Gasteiger partial charge in [-0.1, -0.05) is 17.7 Å². The van der Waals surface area contributed by atoms with Crippen LogP contribution in [0.3, 0.4) is 0 Å². The number of hydrogen-bond donors (Lipinski definition) is 1. The molecule has 2 aromatic heterocycles. The second kappa shape index (κ2) is 5.23. The average molecular weight is 265 g/mol. The molecule has 18 heavy (non-hydrogen) atoms. The minimum Gasteiger partial charge on any atom is -0.462 e. The van der Waals surface area contributed by atoms with E-state index in [0.29, 0.717) is 17.9 Å². The standard InChI is InChI=1S/C13H13ClN2O2/c1-3-18-13(17)9-7-10(16-12(9)14)11-8(2)5-4-6-15-11/h4-7,16H,3H2,1-2H3. The number of nitrogens with one attached hydrogen (secondary N) is 1.